The van der Waals surface area contributed by atoms with E-state index in [2.05, 4.69) is 15.0 Å². The highest BCUT2D eigenvalue weighted by Crippen LogP contribution is 2.14. The zero-order chi connectivity index (χ0) is 15.6. The molecule has 21 heavy (non-hydrogen) atoms. The highest BCUT2D eigenvalue weighted by atomic mass is 35.5. The number of halogens is 1. The summed E-state index contributed by atoms with van der Waals surface area (Å²) in [6, 6.07) is 3.81. The van der Waals surface area contributed by atoms with Crippen molar-refractivity contribution < 1.29 is 4.79 Å². The van der Waals surface area contributed by atoms with Gasteiger partial charge in [0.25, 0.3) is 0 Å². The minimum atomic E-state index is -0.0357. The standard InChI is InChI=1S/C15H19ClN4O/c1-9(2)20(10(3)4)14(21)8-7-13-17-11-5-6-12(16)18-15(11)19-13/h5-10H,1-4H3,(H,17,18,19). The Hall–Kier alpha value is -1.88. The van der Waals surface area contributed by atoms with Crippen molar-refractivity contribution in [3.8, 4) is 0 Å². The van der Waals surface area contributed by atoms with E-state index in [4.69, 9.17) is 11.6 Å². The molecule has 0 unspecified atom stereocenters. The molecule has 0 aromatic carbocycles. The van der Waals surface area contributed by atoms with Crippen molar-refractivity contribution >= 4 is 34.7 Å². The lowest BCUT2D eigenvalue weighted by atomic mass is 10.2. The van der Waals surface area contributed by atoms with Crippen molar-refractivity contribution in [2.24, 2.45) is 0 Å². The van der Waals surface area contributed by atoms with Crippen LogP contribution in [-0.4, -0.2) is 37.8 Å². The van der Waals surface area contributed by atoms with E-state index in [1.54, 1.807) is 12.1 Å². The molecule has 0 aliphatic carbocycles. The van der Waals surface area contributed by atoms with Gasteiger partial charge in [-0.2, -0.15) is 0 Å². The lowest BCUT2D eigenvalue weighted by Gasteiger charge is -2.29. The summed E-state index contributed by atoms with van der Waals surface area (Å²) in [5, 5.41) is 0.395. The minimum Gasteiger partial charge on any atom is -0.337 e. The average molecular weight is 307 g/mol. The van der Waals surface area contributed by atoms with Crippen molar-refractivity contribution in [1.29, 1.82) is 0 Å². The van der Waals surface area contributed by atoms with Crippen LogP contribution in [0.5, 0.6) is 0 Å². The SMILES string of the molecule is CC(C)N(C(=O)C=Cc1nc2nc(Cl)ccc2[nH]1)C(C)C. The van der Waals surface area contributed by atoms with Gasteiger partial charge in [0.2, 0.25) is 5.91 Å². The summed E-state index contributed by atoms with van der Waals surface area (Å²) in [5.74, 6) is 0.548. The van der Waals surface area contributed by atoms with E-state index in [1.807, 2.05) is 38.7 Å². The monoisotopic (exact) mass is 306 g/mol. The lowest BCUT2D eigenvalue weighted by molar-refractivity contribution is -0.129. The van der Waals surface area contributed by atoms with Gasteiger partial charge in [-0.25, -0.2) is 9.97 Å². The molecule has 0 bridgehead atoms. The van der Waals surface area contributed by atoms with Gasteiger partial charge < -0.3 is 9.88 Å². The van der Waals surface area contributed by atoms with Crippen LogP contribution >= 0.6 is 11.6 Å². The summed E-state index contributed by atoms with van der Waals surface area (Å²) in [6.07, 6.45) is 3.19. The third kappa shape index (κ3) is 3.61. The molecular weight excluding hydrogens is 288 g/mol. The summed E-state index contributed by atoms with van der Waals surface area (Å²) in [5.41, 5.74) is 1.33. The molecule has 0 saturated carbocycles. The normalized spacial score (nSPS) is 12.0. The molecule has 0 fully saturated rings. The fourth-order valence-electron chi connectivity index (χ4n) is 2.31. The molecule has 0 saturated heterocycles. The first-order valence-corrected chi connectivity index (χ1v) is 7.29. The van der Waals surface area contributed by atoms with E-state index in [0.717, 1.165) is 5.52 Å². The summed E-state index contributed by atoms with van der Waals surface area (Å²) in [6.45, 7) is 8.00. The first kappa shape index (κ1) is 15.5. The maximum absolute atomic E-state index is 12.2. The number of hydrogen-bond acceptors (Lipinski definition) is 3. The quantitative estimate of drug-likeness (QED) is 0.696. The Kier molecular flexibility index (Phi) is 4.63. The van der Waals surface area contributed by atoms with Crippen LogP contribution in [0.2, 0.25) is 5.15 Å². The first-order chi connectivity index (χ1) is 9.88. The number of carbonyl (C=O) groups is 1. The number of hydrogen-bond donors (Lipinski definition) is 1. The Morgan fingerprint density at radius 3 is 2.52 bits per heavy atom. The molecular formula is C15H19ClN4O. The molecule has 1 amide bonds. The summed E-state index contributed by atoms with van der Waals surface area (Å²) < 4.78 is 0. The molecule has 0 aliphatic rings. The topological polar surface area (TPSA) is 61.9 Å². The fourth-order valence-corrected chi connectivity index (χ4v) is 2.45. The lowest BCUT2D eigenvalue weighted by Crippen LogP contribution is -2.41. The highest BCUT2D eigenvalue weighted by Gasteiger charge is 2.17. The number of carbonyl (C=O) groups excluding carboxylic acids is 1. The highest BCUT2D eigenvalue weighted by molar-refractivity contribution is 6.29. The van der Waals surface area contributed by atoms with E-state index < -0.39 is 0 Å². The Labute approximate surface area is 129 Å². The first-order valence-electron chi connectivity index (χ1n) is 6.91. The molecule has 2 rings (SSSR count). The largest absolute Gasteiger partial charge is 0.337 e. The summed E-state index contributed by atoms with van der Waals surface area (Å²) >= 11 is 5.82. The smallest absolute Gasteiger partial charge is 0.247 e. The van der Waals surface area contributed by atoms with Gasteiger partial charge in [-0.1, -0.05) is 11.6 Å². The number of H-pyrrole nitrogens is 1. The van der Waals surface area contributed by atoms with E-state index in [9.17, 15) is 4.79 Å². The molecule has 0 atom stereocenters. The van der Waals surface area contributed by atoms with Crippen LogP contribution in [0.3, 0.4) is 0 Å². The Balaban J connectivity index is 2.20. The van der Waals surface area contributed by atoms with Crippen LogP contribution in [-0.2, 0) is 4.79 Å². The minimum absolute atomic E-state index is 0.0357. The van der Waals surface area contributed by atoms with Gasteiger partial charge in [-0.15, -0.1) is 0 Å². The predicted octanol–water partition coefficient (Wildman–Crippen LogP) is 3.27. The van der Waals surface area contributed by atoms with Crippen molar-refractivity contribution in [1.82, 2.24) is 19.9 Å². The molecule has 112 valence electrons. The van der Waals surface area contributed by atoms with Gasteiger partial charge >= 0.3 is 0 Å². The van der Waals surface area contributed by atoms with Gasteiger partial charge in [0.05, 0.1) is 5.52 Å². The second-order valence-corrected chi connectivity index (χ2v) is 5.78. The van der Waals surface area contributed by atoms with Gasteiger partial charge in [-0.05, 0) is 45.9 Å². The van der Waals surface area contributed by atoms with Gasteiger partial charge in [-0.3, -0.25) is 4.79 Å². The van der Waals surface area contributed by atoms with Crippen LogP contribution in [0.1, 0.15) is 33.5 Å². The second kappa shape index (κ2) is 6.26. The molecule has 2 aromatic rings. The maximum Gasteiger partial charge on any atom is 0.247 e. The van der Waals surface area contributed by atoms with E-state index in [-0.39, 0.29) is 18.0 Å². The Morgan fingerprint density at radius 1 is 1.24 bits per heavy atom. The predicted molar refractivity (Wildman–Crippen MR) is 85.1 cm³/mol. The molecule has 2 aromatic heterocycles. The molecule has 6 heteroatoms. The van der Waals surface area contributed by atoms with Crippen molar-refractivity contribution in [2.45, 2.75) is 39.8 Å². The van der Waals surface area contributed by atoms with Crippen LogP contribution in [0, 0.1) is 0 Å². The number of pyridine rings is 1. The summed E-state index contributed by atoms with van der Waals surface area (Å²) in [4.78, 5) is 25.5. The fraction of sp³-hybridized carbons (Fsp3) is 0.400. The third-order valence-electron chi connectivity index (χ3n) is 3.08. The van der Waals surface area contributed by atoms with Crippen LogP contribution in [0.4, 0.5) is 0 Å². The number of aromatic nitrogens is 3. The number of aromatic amines is 1. The number of rotatable bonds is 4. The van der Waals surface area contributed by atoms with Crippen LogP contribution < -0.4 is 0 Å². The van der Waals surface area contributed by atoms with E-state index >= 15 is 0 Å². The van der Waals surface area contributed by atoms with E-state index in [0.29, 0.717) is 16.6 Å². The number of imidazole rings is 1. The van der Waals surface area contributed by atoms with E-state index in [1.165, 1.54) is 6.08 Å². The molecule has 1 N–H and O–H groups in total. The van der Waals surface area contributed by atoms with Crippen LogP contribution in [0.25, 0.3) is 17.2 Å². The zero-order valence-electron chi connectivity index (χ0n) is 12.6. The van der Waals surface area contributed by atoms with Crippen molar-refractivity contribution in [3.05, 3.63) is 29.2 Å². The number of amides is 1. The van der Waals surface area contributed by atoms with Gasteiger partial charge in [0, 0.05) is 18.2 Å². The average Bonchev–Trinajstić information content (AvgIpc) is 2.77. The van der Waals surface area contributed by atoms with Gasteiger partial charge in [0.1, 0.15) is 11.0 Å². The van der Waals surface area contributed by atoms with Crippen LogP contribution in [0.15, 0.2) is 18.2 Å². The zero-order valence-corrected chi connectivity index (χ0v) is 13.3. The molecule has 2 heterocycles. The van der Waals surface area contributed by atoms with Gasteiger partial charge in [0.15, 0.2) is 5.65 Å². The summed E-state index contributed by atoms with van der Waals surface area (Å²) in [7, 11) is 0. The molecule has 0 aliphatic heterocycles. The maximum atomic E-state index is 12.2. The third-order valence-corrected chi connectivity index (χ3v) is 3.29. The number of fused-ring (bicyclic) bond motifs is 1. The molecule has 5 nitrogen and oxygen atoms in total. The second-order valence-electron chi connectivity index (χ2n) is 5.39. The van der Waals surface area contributed by atoms with Crippen molar-refractivity contribution in [3.63, 3.8) is 0 Å². The Morgan fingerprint density at radius 2 is 1.90 bits per heavy atom. The van der Waals surface area contributed by atoms with Crippen molar-refractivity contribution in [2.75, 3.05) is 0 Å². The molecule has 0 spiro atoms. The number of nitrogens with one attached hydrogen (secondary N) is 1. The number of nitrogens with zero attached hydrogens (tertiary/aromatic N) is 3. The Bertz CT molecular complexity index is 667. The molecule has 0 radical (unpaired) electrons.